The number of para-hydroxylation sites is 1. The first-order chi connectivity index (χ1) is 10.8. The molecule has 124 valence electrons. The minimum Gasteiger partial charge on any atom is -0.493 e. The van der Waals surface area contributed by atoms with Crippen LogP contribution < -0.4 is 9.64 Å². The monoisotopic (exact) mass is 332 g/mol. The van der Waals surface area contributed by atoms with E-state index in [1.807, 2.05) is 13.1 Å². The fraction of sp³-hybridized carbons (Fsp3) is 0.421. The number of hydrogen-bond donors (Lipinski definition) is 0. The molecule has 3 rings (SSSR count). The molecule has 0 radical (unpaired) electrons. The summed E-state index contributed by atoms with van der Waals surface area (Å²) in [7, 11) is 1.73. The van der Waals surface area contributed by atoms with E-state index in [2.05, 4.69) is 46.3 Å². The Morgan fingerprint density at radius 2 is 1.74 bits per heavy atom. The van der Waals surface area contributed by atoms with Gasteiger partial charge in [-0.3, -0.25) is 4.98 Å². The molecular formula is C19H25ClN2O. The predicted octanol–water partition coefficient (Wildman–Crippen LogP) is 5.29. The van der Waals surface area contributed by atoms with Crippen molar-refractivity contribution in [2.75, 3.05) is 12.0 Å². The average Bonchev–Trinajstić information content (AvgIpc) is 2.57. The van der Waals surface area contributed by atoms with Gasteiger partial charge in [0.1, 0.15) is 0 Å². The number of aryl methyl sites for hydroxylation is 1. The van der Waals surface area contributed by atoms with Crippen LogP contribution in [-0.2, 0) is 0 Å². The molecule has 0 spiro atoms. The maximum atomic E-state index is 5.67. The van der Waals surface area contributed by atoms with Crippen molar-refractivity contribution in [3.8, 4) is 5.75 Å². The third-order valence-corrected chi connectivity index (χ3v) is 4.50. The lowest BCUT2D eigenvalue weighted by Gasteiger charge is -2.37. The second-order valence-electron chi connectivity index (χ2n) is 5.95. The Morgan fingerprint density at radius 3 is 2.39 bits per heavy atom. The zero-order valence-corrected chi connectivity index (χ0v) is 14.7. The SMILES string of the molecule is COc1c(N(c2ccccc2)C2CCCCC2)ccnc1C.Cl. The predicted molar refractivity (Wildman–Crippen MR) is 98.2 cm³/mol. The van der Waals surface area contributed by atoms with E-state index in [0.717, 1.165) is 17.1 Å². The van der Waals surface area contributed by atoms with E-state index in [9.17, 15) is 0 Å². The Labute approximate surface area is 145 Å². The zero-order valence-electron chi connectivity index (χ0n) is 13.9. The lowest BCUT2D eigenvalue weighted by molar-refractivity contribution is 0.401. The molecule has 1 saturated carbocycles. The van der Waals surface area contributed by atoms with Gasteiger partial charge in [-0.2, -0.15) is 0 Å². The molecule has 0 bridgehead atoms. The third-order valence-electron chi connectivity index (χ3n) is 4.50. The van der Waals surface area contributed by atoms with Gasteiger partial charge in [0.2, 0.25) is 0 Å². The van der Waals surface area contributed by atoms with Gasteiger partial charge in [0.25, 0.3) is 0 Å². The molecule has 1 aromatic carbocycles. The number of nitrogens with zero attached hydrogens (tertiary/aromatic N) is 2. The van der Waals surface area contributed by atoms with Crippen molar-refractivity contribution in [3.05, 3.63) is 48.3 Å². The molecule has 0 atom stereocenters. The molecule has 23 heavy (non-hydrogen) atoms. The molecule has 1 fully saturated rings. The van der Waals surface area contributed by atoms with Crippen LogP contribution in [0.3, 0.4) is 0 Å². The van der Waals surface area contributed by atoms with Gasteiger partial charge < -0.3 is 9.64 Å². The van der Waals surface area contributed by atoms with E-state index in [1.54, 1.807) is 7.11 Å². The summed E-state index contributed by atoms with van der Waals surface area (Å²) in [6, 6.07) is 13.3. The molecule has 0 N–H and O–H groups in total. The number of anilines is 2. The summed E-state index contributed by atoms with van der Waals surface area (Å²) in [6.07, 6.45) is 8.32. The minimum absolute atomic E-state index is 0. The van der Waals surface area contributed by atoms with E-state index in [0.29, 0.717) is 6.04 Å². The van der Waals surface area contributed by atoms with E-state index in [1.165, 1.54) is 37.8 Å². The van der Waals surface area contributed by atoms with Crippen molar-refractivity contribution in [2.45, 2.75) is 45.1 Å². The van der Waals surface area contributed by atoms with Crippen molar-refractivity contribution < 1.29 is 4.74 Å². The van der Waals surface area contributed by atoms with Crippen LogP contribution in [0, 0.1) is 6.92 Å². The van der Waals surface area contributed by atoms with Crippen molar-refractivity contribution in [2.24, 2.45) is 0 Å². The number of benzene rings is 1. The fourth-order valence-corrected chi connectivity index (χ4v) is 3.46. The lowest BCUT2D eigenvalue weighted by Crippen LogP contribution is -2.33. The van der Waals surface area contributed by atoms with Crippen molar-refractivity contribution in [1.82, 2.24) is 4.98 Å². The zero-order chi connectivity index (χ0) is 15.4. The second-order valence-corrected chi connectivity index (χ2v) is 5.95. The minimum atomic E-state index is 0. The molecule has 3 nitrogen and oxygen atoms in total. The van der Waals surface area contributed by atoms with E-state index in [-0.39, 0.29) is 12.4 Å². The topological polar surface area (TPSA) is 25.4 Å². The van der Waals surface area contributed by atoms with E-state index >= 15 is 0 Å². The highest BCUT2D eigenvalue weighted by Crippen LogP contribution is 2.39. The van der Waals surface area contributed by atoms with E-state index < -0.39 is 0 Å². The number of hydrogen-bond acceptors (Lipinski definition) is 3. The molecule has 4 heteroatoms. The fourth-order valence-electron chi connectivity index (χ4n) is 3.46. The van der Waals surface area contributed by atoms with Gasteiger partial charge in [-0.15, -0.1) is 12.4 Å². The van der Waals surface area contributed by atoms with Gasteiger partial charge in [-0.25, -0.2) is 0 Å². The van der Waals surface area contributed by atoms with Gasteiger partial charge in [0, 0.05) is 17.9 Å². The molecule has 0 aliphatic heterocycles. The van der Waals surface area contributed by atoms with Crippen molar-refractivity contribution in [1.29, 1.82) is 0 Å². The second kappa shape index (κ2) is 8.21. The standard InChI is InChI=1S/C19H24N2O.ClH/c1-15-19(22-2)18(13-14-20-15)21(16-9-5-3-6-10-16)17-11-7-4-8-12-17;/h3,5-6,9-10,13-14,17H,4,7-8,11-12H2,1-2H3;1H. The highest BCUT2D eigenvalue weighted by atomic mass is 35.5. The van der Waals surface area contributed by atoms with Crippen LogP contribution in [0.1, 0.15) is 37.8 Å². The summed E-state index contributed by atoms with van der Waals surface area (Å²) >= 11 is 0. The van der Waals surface area contributed by atoms with Crippen LogP contribution in [0.4, 0.5) is 11.4 Å². The Hall–Kier alpha value is -1.74. The van der Waals surface area contributed by atoms with Gasteiger partial charge in [-0.05, 0) is 38.0 Å². The summed E-state index contributed by atoms with van der Waals surface area (Å²) < 4.78 is 5.67. The number of methoxy groups -OCH3 is 1. The highest BCUT2D eigenvalue weighted by molar-refractivity contribution is 5.85. The Morgan fingerprint density at radius 1 is 1.04 bits per heavy atom. The maximum absolute atomic E-state index is 5.67. The summed E-state index contributed by atoms with van der Waals surface area (Å²) in [5.41, 5.74) is 3.31. The van der Waals surface area contributed by atoms with Crippen molar-refractivity contribution >= 4 is 23.8 Å². The van der Waals surface area contributed by atoms with Gasteiger partial charge in [0.15, 0.2) is 5.75 Å². The number of pyridine rings is 1. The first-order valence-corrected chi connectivity index (χ1v) is 8.15. The van der Waals surface area contributed by atoms with Crippen LogP contribution in [0.25, 0.3) is 0 Å². The smallest absolute Gasteiger partial charge is 0.163 e. The van der Waals surface area contributed by atoms with Crippen LogP contribution in [-0.4, -0.2) is 18.1 Å². The summed E-state index contributed by atoms with van der Waals surface area (Å²) in [5, 5.41) is 0. The number of halogens is 1. The molecule has 0 unspecified atom stereocenters. The third kappa shape index (κ3) is 3.78. The van der Waals surface area contributed by atoms with Crippen molar-refractivity contribution in [3.63, 3.8) is 0 Å². The van der Waals surface area contributed by atoms with E-state index in [4.69, 9.17) is 4.74 Å². The van der Waals surface area contributed by atoms with Crippen LogP contribution in [0.5, 0.6) is 5.75 Å². The molecule has 2 aromatic rings. The maximum Gasteiger partial charge on any atom is 0.163 e. The van der Waals surface area contributed by atoms with Gasteiger partial charge in [0.05, 0.1) is 18.5 Å². The molecule has 0 amide bonds. The quantitative estimate of drug-likeness (QED) is 0.760. The Kier molecular flexibility index (Phi) is 6.28. The van der Waals surface area contributed by atoms with Crippen LogP contribution >= 0.6 is 12.4 Å². The Bertz CT molecular complexity index is 612. The van der Waals surface area contributed by atoms with Crippen LogP contribution in [0.15, 0.2) is 42.6 Å². The van der Waals surface area contributed by atoms with Gasteiger partial charge >= 0.3 is 0 Å². The molecule has 1 heterocycles. The number of rotatable bonds is 4. The summed E-state index contributed by atoms with van der Waals surface area (Å²) in [6.45, 7) is 2.01. The summed E-state index contributed by atoms with van der Waals surface area (Å²) in [5.74, 6) is 0.886. The molecule has 0 saturated heterocycles. The molecule has 1 aliphatic carbocycles. The highest BCUT2D eigenvalue weighted by Gasteiger charge is 2.25. The first-order valence-electron chi connectivity index (χ1n) is 8.15. The lowest BCUT2D eigenvalue weighted by atomic mass is 9.93. The largest absolute Gasteiger partial charge is 0.493 e. The number of ether oxygens (including phenoxy) is 1. The van der Waals surface area contributed by atoms with Crippen LogP contribution in [0.2, 0.25) is 0 Å². The average molecular weight is 333 g/mol. The summed E-state index contributed by atoms with van der Waals surface area (Å²) in [4.78, 5) is 6.83. The first kappa shape index (κ1) is 17.6. The molecular weight excluding hydrogens is 308 g/mol. The molecule has 1 aromatic heterocycles. The number of aromatic nitrogens is 1. The normalized spacial score (nSPS) is 14.9. The van der Waals surface area contributed by atoms with Gasteiger partial charge in [-0.1, -0.05) is 37.5 Å². The Balaban J connectivity index is 0.00000192. The molecule has 1 aliphatic rings.